The van der Waals surface area contributed by atoms with Crippen molar-refractivity contribution in [1.29, 1.82) is 0 Å². The third kappa shape index (κ3) is 4.37. The Morgan fingerprint density at radius 2 is 2.20 bits per heavy atom. The van der Waals surface area contributed by atoms with Gasteiger partial charge in [0.1, 0.15) is 0 Å². The summed E-state index contributed by atoms with van der Waals surface area (Å²) < 4.78 is 2.28. The van der Waals surface area contributed by atoms with Crippen LogP contribution in [0.25, 0.3) is 0 Å². The van der Waals surface area contributed by atoms with Gasteiger partial charge in [0, 0.05) is 17.8 Å². The number of hydrogen-bond acceptors (Lipinski definition) is 2. The maximum absolute atomic E-state index is 4.61. The van der Waals surface area contributed by atoms with Crippen molar-refractivity contribution in [3.05, 3.63) is 19.2 Å². The lowest BCUT2D eigenvalue weighted by Gasteiger charge is -2.06. The smallest absolute Gasteiger partial charge is 0.0798 e. The predicted octanol–water partition coefficient (Wildman–Crippen LogP) is 5.27. The third-order valence-electron chi connectivity index (χ3n) is 2.20. The molecular weight excluding hydrogens is 338 g/mol. The zero-order chi connectivity index (χ0) is 11.3. The summed E-state index contributed by atoms with van der Waals surface area (Å²) in [6.07, 6.45) is 5.47. The van der Waals surface area contributed by atoms with Crippen LogP contribution in [0.1, 0.15) is 38.7 Å². The fourth-order valence-electron chi connectivity index (χ4n) is 1.34. The molecule has 0 amide bonds. The molecule has 0 aliphatic carbocycles. The number of nitrogens with zero attached hydrogens (tertiary/aromatic N) is 1. The van der Waals surface area contributed by atoms with E-state index < -0.39 is 0 Å². The summed E-state index contributed by atoms with van der Waals surface area (Å²) in [6, 6.07) is 2.57. The van der Waals surface area contributed by atoms with Crippen molar-refractivity contribution in [2.75, 3.05) is 0 Å². The second kappa shape index (κ2) is 6.81. The van der Waals surface area contributed by atoms with Gasteiger partial charge >= 0.3 is 0 Å². The number of thiophene rings is 1. The van der Waals surface area contributed by atoms with Gasteiger partial charge in [0.25, 0.3) is 0 Å². The first-order valence-corrected chi connectivity index (χ1v) is 7.55. The van der Waals surface area contributed by atoms with Crippen LogP contribution >= 0.6 is 43.2 Å². The molecule has 0 aliphatic heterocycles. The van der Waals surface area contributed by atoms with Crippen molar-refractivity contribution in [2.24, 2.45) is 4.99 Å². The van der Waals surface area contributed by atoms with Gasteiger partial charge in [-0.1, -0.05) is 20.3 Å². The van der Waals surface area contributed by atoms with Gasteiger partial charge in [-0.2, -0.15) is 0 Å². The average Bonchev–Trinajstić information content (AvgIpc) is 2.52. The zero-order valence-corrected chi connectivity index (χ0v) is 13.0. The van der Waals surface area contributed by atoms with Gasteiger partial charge in [-0.3, -0.25) is 4.99 Å². The molecule has 1 rings (SSSR count). The zero-order valence-electron chi connectivity index (χ0n) is 8.96. The first-order valence-electron chi connectivity index (χ1n) is 5.15. The Morgan fingerprint density at radius 3 is 2.67 bits per heavy atom. The molecule has 1 heterocycles. The predicted molar refractivity (Wildman–Crippen MR) is 76.3 cm³/mol. The molecular formula is C11H15Br2NS. The highest BCUT2D eigenvalue weighted by atomic mass is 79.9. The molecule has 84 valence electrons. The first kappa shape index (κ1) is 13.4. The Bertz CT molecular complexity index is 333. The lowest BCUT2D eigenvalue weighted by atomic mass is 10.1. The van der Waals surface area contributed by atoms with E-state index >= 15 is 0 Å². The van der Waals surface area contributed by atoms with Gasteiger partial charge < -0.3 is 0 Å². The molecule has 0 saturated carbocycles. The Morgan fingerprint density at radius 1 is 1.47 bits per heavy atom. The van der Waals surface area contributed by atoms with Crippen molar-refractivity contribution < 1.29 is 0 Å². The molecule has 1 unspecified atom stereocenters. The molecule has 0 aromatic carbocycles. The number of halogens is 2. The highest BCUT2D eigenvalue weighted by Gasteiger charge is 2.04. The van der Waals surface area contributed by atoms with Gasteiger partial charge in [0.05, 0.1) is 7.57 Å². The summed E-state index contributed by atoms with van der Waals surface area (Å²) in [6.45, 7) is 4.39. The Hall–Kier alpha value is 0.330. The topological polar surface area (TPSA) is 12.4 Å². The van der Waals surface area contributed by atoms with E-state index in [4.69, 9.17) is 0 Å². The summed E-state index contributed by atoms with van der Waals surface area (Å²) in [5, 5.41) is 0. The summed E-state index contributed by atoms with van der Waals surface area (Å²) in [5.74, 6) is 0. The quantitative estimate of drug-likeness (QED) is 0.640. The maximum atomic E-state index is 4.61. The van der Waals surface area contributed by atoms with E-state index in [1.807, 2.05) is 6.21 Å². The maximum Gasteiger partial charge on any atom is 0.0798 e. The van der Waals surface area contributed by atoms with E-state index in [1.54, 1.807) is 11.3 Å². The van der Waals surface area contributed by atoms with Crippen LogP contribution in [0.2, 0.25) is 0 Å². The molecule has 0 radical (unpaired) electrons. The minimum absolute atomic E-state index is 0.473. The Kier molecular flexibility index (Phi) is 6.09. The molecule has 4 heteroatoms. The van der Waals surface area contributed by atoms with E-state index in [-0.39, 0.29) is 0 Å². The monoisotopic (exact) mass is 351 g/mol. The van der Waals surface area contributed by atoms with Crippen LogP contribution in [0.5, 0.6) is 0 Å². The van der Waals surface area contributed by atoms with Gasteiger partial charge in [-0.25, -0.2) is 0 Å². The summed E-state index contributed by atoms with van der Waals surface area (Å²) >= 11 is 8.67. The number of rotatable bonds is 5. The van der Waals surface area contributed by atoms with E-state index in [2.05, 4.69) is 56.8 Å². The van der Waals surface area contributed by atoms with Crippen molar-refractivity contribution in [3.8, 4) is 0 Å². The second-order valence-electron chi connectivity index (χ2n) is 3.41. The molecule has 0 N–H and O–H groups in total. The minimum Gasteiger partial charge on any atom is -0.289 e. The molecule has 0 aliphatic rings. The number of aliphatic imine (C=N–C) groups is 1. The Labute approximate surface area is 112 Å². The molecule has 1 aromatic rings. The fourth-order valence-corrected chi connectivity index (χ4v) is 4.05. The highest BCUT2D eigenvalue weighted by Crippen LogP contribution is 2.30. The van der Waals surface area contributed by atoms with Crippen LogP contribution in [0.3, 0.4) is 0 Å². The van der Waals surface area contributed by atoms with Crippen LogP contribution < -0.4 is 0 Å². The van der Waals surface area contributed by atoms with Crippen molar-refractivity contribution >= 4 is 49.4 Å². The lowest BCUT2D eigenvalue weighted by molar-refractivity contribution is 0.591. The SMILES string of the molecule is CCCC(CC)N=Cc1cc(Br)sc1Br. The van der Waals surface area contributed by atoms with Gasteiger partial charge in [0.15, 0.2) is 0 Å². The summed E-state index contributed by atoms with van der Waals surface area (Å²) in [5.41, 5.74) is 1.17. The van der Waals surface area contributed by atoms with E-state index in [0.717, 1.165) is 14.0 Å². The van der Waals surface area contributed by atoms with Crippen LogP contribution in [0.15, 0.2) is 18.6 Å². The Balaban J connectivity index is 2.66. The molecule has 0 saturated heterocycles. The van der Waals surface area contributed by atoms with Gasteiger partial charge in [-0.15, -0.1) is 11.3 Å². The summed E-state index contributed by atoms with van der Waals surface area (Å²) in [4.78, 5) is 4.61. The molecule has 0 bridgehead atoms. The van der Waals surface area contributed by atoms with Crippen LogP contribution in [-0.2, 0) is 0 Å². The second-order valence-corrected chi connectivity index (χ2v) is 7.16. The lowest BCUT2D eigenvalue weighted by Crippen LogP contribution is -2.01. The first-order chi connectivity index (χ1) is 7.17. The normalized spacial score (nSPS) is 13.6. The largest absolute Gasteiger partial charge is 0.289 e. The highest BCUT2D eigenvalue weighted by molar-refractivity contribution is 9.12. The number of hydrogen-bond donors (Lipinski definition) is 0. The van der Waals surface area contributed by atoms with Gasteiger partial charge in [-0.05, 0) is 50.8 Å². The van der Waals surface area contributed by atoms with Crippen LogP contribution in [-0.4, -0.2) is 12.3 Å². The molecule has 1 aromatic heterocycles. The van der Waals surface area contributed by atoms with Crippen molar-refractivity contribution in [3.63, 3.8) is 0 Å². The van der Waals surface area contributed by atoms with Crippen LogP contribution in [0.4, 0.5) is 0 Å². The van der Waals surface area contributed by atoms with Crippen molar-refractivity contribution in [1.82, 2.24) is 0 Å². The van der Waals surface area contributed by atoms with Gasteiger partial charge in [0.2, 0.25) is 0 Å². The average molecular weight is 353 g/mol. The molecule has 1 nitrogen and oxygen atoms in total. The minimum atomic E-state index is 0.473. The van der Waals surface area contributed by atoms with E-state index in [1.165, 1.54) is 18.4 Å². The molecule has 0 fully saturated rings. The molecule has 15 heavy (non-hydrogen) atoms. The van der Waals surface area contributed by atoms with E-state index in [0.29, 0.717) is 6.04 Å². The fraction of sp³-hybridized carbons (Fsp3) is 0.545. The standard InChI is InChI=1S/C11H15Br2NS/c1-3-5-9(4-2)14-7-8-6-10(12)15-11(8)13/h6-7,9H,3-5H2,1-2H3. The van der Waals surface area contributed by atoms with E-state index in [9.17, 15) is 0 Å². The summed E-state index contributed by atoms with van der Waals surface area (Å²) in [7, 11) is 0. The van der Waals surface area contributed by atoms with Crippen LogP contribution in [0, 0.1) is 0 Å². The third-order valence-corrected chi connectivity index (χ3v) is 4.59. The van der Waals surface area contributed by atoms with Crippen molar-refractivity contribution in [2.45, 2.75) is 39.2 Å². The molecule has 1 atom stereocenters. The molecule has 0 spiro atoms.